The minimum Gasteiger partial charge on any atom is -0.398 e. The third-order valence-electron chi connectivity index (χ3n) is 7.19. The summed E-state index contributed by atoms with van der Waals surface area (Å²) in [7, 11) is 4.94. The molecule has 0 saturated carbocycles. The number of hydrogen-bond donors (Lipinski definition) is 2. The topological polar surface area (TPSA) is 104 Å². The molecular weight excluding hydrogens is 513 g/mol. The third kappa shape index (κ3) is 7.75. The molecule has 2 aliphatic heterocycles. The number of carbonyl (C=O) groups is 2. The van der Waals surface area contributed by atoms with Gasteiger partial charge in [-0.25, -0.2) is 4.98 Å². The standard InChI is InChI=1S/C25H33FN6O3.2CH3F/c1-28-24-23(13-18(15-29-24)17-5-9-30(2)10-6-17)32(16-33)19-7-11-31(12-8-19)25(34)21-4-3-20(35-26)14-22(21)27;2*1-2/h3-4,13-17,19H,5-12,27H2,1-2H3,(H,28,29);2*1H3. The smallest absolute Gasteiger partial charge is 0.255 e. The highest BCUT2D eigenvalue weighted by atomic mass is 19.3. The van der Waals surface area contributed by atoms with Crippen molar-refractivity contribution in [3.63, 3.8) is 0 Å². The molecule has 2 saturated heterocycles. The Morgan fingerprint density at radius 1 is 1.10 bits per heavy atom. The van der Waals surface area contributed by atoms with Crippen LogP contribution in [-0.4, -0.2) is 87.8 Å². The van der Waals surface area contributed by atoms with Gasteiger partial charge in [-0.3, -0.25) is 23.3 Å². The lowest BCUT2D eigenvalue weighted by Gasteiger charge is -2.37. The van der Waals surface area contributed by atoms with Gasteiger partial charge in [0.15, 0.2) is 5.75 Å². The van der Waals surface area contributed by atoms with Crippen molar-refractivity contribution in [1.29, 1.82) is 0 Å². The Hall–Kier alpha value is -3.54. The molecule has 0 aliphatic carbocycles. The second-order valence-corrected chi connectivity index (χ2v) is 9.33. The Bertz CT molecular complexity index is 1060. The maximum absolute atomic E-state index is 13.0. The predicted octanol–water partition coefficient (Wildman–Crippen LogP) is 4.22. The number of nitrogens with zero attached hydrogens (tertiary/aromatic N) is 4. The van der Waals surface area contributed by atoms with Crippen LogP contribution in [0.3, 0.4) is 0 Å². The molecule has 0 radical (unpaired) electrons. The highest BCUT2D eigenvalue weighted by Gasteiger charge is 2.30. The summed E-state index contributed by atoms with van der Waals surface area (Å²) in [5.41, 5.74) is 8.33. The zero-order valence-electron chi connectivity index (χ0n) is 23.0. The number of aromatic nitrogens is 1. The van der Waals surface area contributed by atoms with Gasteiger partial charge in [-0.05, 0) is 75.5 Å². The van der Waals surface area contributed by atoms with Gasteiger partial charge in [0.2, 0.25) is 6.41 Å². The number of likely N-dealkylation sites (tertiary alicyclic amines) is 2. The van der Waals surface area contributed by atoms with E-state index in [1.165, 1.54) is 18.2 Å². The quantitative estimate of drug-likeness (QED) is 0.392. The lowest BCUT2D eigenvalue weighted by Crippen LogP contribution is -2.47. The highest BCUT2D eigenvalue weighted by molar-refractivity contribution is 5.99. The number of pyridine rings is 1. The van der Waals surface area contributed by atoms with Crippen LogP contribution < -0.4 is 20.9 Å². The summed E-state index contributed by atoms with van der Waals surface area (Å²) in [5, 5.41) is 3.12. The van der Waals surface area contributed by atoms with Crippen LogP contribution in [-0.2, 0) is 4.79 Å². The SMILES string of the molecule is CF.CF.CNc1ncc(C2CCN(C)CC2)cc1N(C=O)C1CCN(C(=O)c2ccc(OF)cc2N)CC1. The van der Waals surface area contributed by atoms with Crippen molar-refractivity contribution < 1.29 is 27.8 Å². The number of amides is 2. The fraction of sp³-hybridized carbons (Fsp3) is 0.519. The minimum atomic E-state index is -0.217. The molecule has 3 heterocycles. The largest absolute Gasteiger partial charge is 0.398 e. The zero-order chi connectivity index (χ0) is 28.9. The number of nitrogen functional groups attached to an aromatic ring is 1. The zero-order valence-corrected chi connectivity index (χ0v) is 23.0. The summed E-state index contributed by atoms with van der Waals surface area (Å²) in [4.78, 5) is 39.4. The molecule has 9 nitrogen and oxygen atoms in total. The molecule has 0 spiro atoms. The number of hydrogen-bond acceptors (Lipinski definition) is 7. The van der Waals surface area contributed by atoms with Gasteiger partial charge in [-0.2, -0.15) is 0 Å². The summed E-state index contributed by atoms with van der Waals surface area (Å²) in [6.07, 6.45) is 6.17. The van der Waals surface area contributed by atoms with Crippen molar-refractivity contribution in [3.05, 3.63) is 41.6 Å². The molecule has 2 aromatic rings. The molecule has 0 atom stereocenters. The first-order valence-electron chi connectivity index (χ1n) is 12.8. The maximum atomic E-state index is 13.0. The van der Waals surface area contributed by atoms with Gasteiger partial charge in [0.25, 0.3) is 5.91 Å². The average Bonchev–Trinajstić information content (AvgIpc) is 3.00. The number of halogens is 3. The maximum Gasteiger partial charge on any atom is 0.255 e. The number of piperidine rings is 2. The monoisotopic (exact) mass is 552 g/mol. The molecule has 1 aromatic heterocycles. The van der Waals surface area contributed by atoms with Crippen LogP contribution in [0.2, 0.25) is 0 Å². The predicted molar refractivity (Wildman–Crippen MR) is 147 cm³/mol. The van der Waals surface area contributed by atoms with Gasteiger partial charge in [0.05, 0.1) is 25.6 Å². The summed E-state index contributed by atoms with van der Waals surface area (Å²) in [5.74, 6) is 0.827. The van der Waals surface area contributed by atoms with Gasteiger partial charge in [0, 0.05) is 48.7 Å². The van der Waals surface area contributed by atoms with Crippen molar-refractivity contribution in [2.24, 2.45) is 0 Å². The molecule has 216 valence electrons. The summed E-state index contributed by atoms with van der Waals surface area (Å²) in [6.45, 7) is 3.05. The van der Waals surface area contributed by atoms with Crippen molar-refractivity contribution in [2.75, 3.05) is 70.6 Å². The molecule has 3 N–H and O–H groups in total. The van der Waals surface area contributed by atoms with E-state index in [2.05, 4.69) is 33.3 Å². The van der Waals surface area contributed by atoms with Gasteiger partial charge < -0.3 is 25.8 Å². The number of anilines is 3. The molecule has 4 rings (SSSR count). The second kappa shape index (κ2) is 15.8. The van der Waals surface area contributed by atoms with E-state index < -0.39 is 0 Å². The number of nitrogens with two attached hydrogens (primary N) is 1. The van der Waals surface area contributed by atoms with Crippen LogP contribution in [0.5, 0.6) is 5.75 Å². The molecule has 2 fully saturated rings. The molecule has 0 bridgehead atoms. The molecule has 0 unspecified atom stereocenters. The van der Waals surface area contributed by atoms with E-state index in [1.54, 1.807) is 16.8 Å². The summed E-state index contributed by atoms with van der Waals surface area (Å²) in [6, 6.07) is 6.16. The molecule has 39 heavy (non-hydrogen) atoms. The van der Waals surface area contributed by atoms with E-state index in [-0.39, 0.29) is 23.4 Å². The van der Waals surface area contributed by atoms with Crippen molar-refractivity contribution in [2.45, 2.75) is 37.6 Å². The van der Waals surface area contributed by atoms with Gasteiger partial charge in [-0.1, -0.05) is 0 Å². The van der Waals surface area contributed by atoms with Gasteiger partial charge in [0.1, 0.15) is 5.82 Å². The Morgan fingerprint density at radius 3 is 2.28 bits per heavy atom. The average molecular weight is 553 g/mol. The van der Waals surface area contributed by atoms with Crippen LogP contribution in [0.1, 0.15) is 47.5 Å². The molecular formula is C27H39F3N6O3. The number of carbonyl (C=O) groups excluding carboxylic acids is 2. The third-order valence-corrected chi connectivity index (χ3v) is 7.19. The number of alkyl halides is 2. The summed E-state index contributed by atoms with van der Waals surface area (Å²) < 4.78 is 31.4. The lowest BCUT2D eigenvalue weighted by atomic mass is 9.90. The fourth-order valence-electron chi connectivity index (χ4n) is 5.06. The number of rotatable bonds is 7. The highest BCUT2D eigenvalue weighted by Crippen LogP contribution is 2.34. The first-order chi connectivity index (χ1) is 18.9. The minimum absolute atomic E-state index is 0.0455. The van der Waals surface area contributed by atoms with Crippen molar-refractivity contribution >= 4 is 29.5 Å². The van der Waals surface area contributed by atoms with E-state index >= 15 is 0 Å². The fourth-order valence-corrected chi connectivity index (χ4v) is 5.06. The van der Waals surface area contributed by atoms with E-state index in [0.29, 0.717) is 57.6 Å². The van der Waals surface area contributed by atoms with Crippen molar-refractivity contribution in [3.8, 4) is 5.75 Å². The van der Waals surface area contributed by atoms with Crippen LogP contribution in [0, 0.1) is 0 Å². The van der Waals surface area contributed by atoms with Crippen LogP contribution in [0.15, 0.2) is 30.5 Å². The van der Waals surface area contributed by atoms with Crippen molar-refractivity contribution in [1.82, 2.24) is 14.8 Å². The molecule has 12 heteroatoms. The van der Waals surface area contributed by atoms with Gasteiger partial charge in [-0.15, -0.1) is 0 Å². The van der Waals surface area contributed by atoms with Crippen LogP contribution in [0.25, 0.3) is 0 Å². The first kappa shape index (κ1) is 31.7. The molecule has 2 aliphatic rings. The Balaban J connectivity index is 0.00000127. The molecule has 2 amide bonds. The van der Waals surface area contributed by atoms with E-state index in [9.17, 15) is 22.9 Å². The van der Waals surface area contributed by atoms with E-state index in [4.69, 9.17) is 5.73 Å². The number of benzene rings is 1. The normalized spacial score (nSPS) is 16.2. The molecule has 1 aromatic carbocycles. The number of nitrogens with one attached hydrogen (secondary N) is 1. The van der Waals surface area contributed by atoms with E-state index in [1.807, 2.05) is 6.20 Å². The first-order valence-corrected chi connectivity index (χ1v) is 12.8. The lowest BCUT2D eigenvalue weighted by molar-refractivity contribution is -0.108. The van der Waals surface area contributed by atoms with Gasteiger partial charge >= 0.3 is 0 Å². The Morgan fingerprint density at radius 2 is 1.74 bits per heavy atom. The second-order valence-electron chi connectivity index (χ2n) is 9.33. The Kier molecular flexibility index (Phi) is 12.8. The van der Waals surface area contributed by atoms with Crippen LogP contribution >= 0.6 is 0 Å². The van der Waals surface area contributed by atoms with E-state index in [0.717, 1.165) is 43.6 Å². The van der Waals surface area contributed by atoms with Crippen LogP contribution in [0.4, 0.5) is 30.5 Å². The Labute approximate surface area is 228 Å². The summed E-state index contributed by atoms with van der Waals surface area (Å²) >= 11 is 0.